The molecule has 2 aromatic heterocycles. The molecule has 0 fully saturated rings. The van der Waals surface area contributed by atoms with E-state index >= 15 is 0 Å². The Bertz CT molecular complexity index is 1090. The maximum Gasteiger partial charge on any atom is 0.187 e. The second-order valence-electron chi connectivity index (χ2n) is 18.1. The van der Waals surface area contributed by atoms with Gasteiger partial charge in [0.1, 0.15) is 13.1 Å². The first-order valence-electron chi connectivity index (χ1n) is 26.3. The van der Waals surface area contributed by atoms with Crippen LogP contribution in [-0.4, -0.2) is 54.1 Å². The predicted molar refractivity (Wildman–Crippen MR) is 261 cm³/mol. The molecule has 0 aliphatic rings. The molecule has 0 aromatic carbocycles. The molecule has 2 rings (SSSR count). The number of aromatic nitrogens is 3. The fraction of sp³-hybridized carbons (Fsp3) is 0.764. The minimum atomic E-state index is 1.08. The zero-order chi connectivity index (χ0) is 42.5. The van der Waals surface area contributed by atoms with Crippen LogP contribution in [0.4, 0.5) is 0 Å². The van der Waals surface area contributed by atoms with Crippen molar-refractivity contribution in [2.45, 2.75) is 232 Å². The smallest absolute Gasteiger partial charge is 0.187 e. The van der Waals surface area contributed by atoms with Crippen molar-refractivity contribution in [2.75, 3.05) is 39.3 Å². The minimum Gasteiger partial charge on any atom is -0.303 e. The molecule has 0 spiro atoms. The van der Waals surface area contributed by atoms with Gasteiger partial charge in [-0.3, -0.25) is 4.98 Å². The van der Waals surface area contributed by atoms with Crippen LogP contribution in [0.15, 0.2) is 79.7 Å². The number of rotatable bonds is 45. The summed E-state index contributed by atoms with van der Waals surface area (Å²) in [6.45, 7) is 14.2. The largest absolute Gasteiger partial charge is 0.303 e. The van der Waals surface area contributed by atoms with Gasteiger partial charge < -0.3 is 9.80 Å². The molecule has 0 N–H and O–H groups in total. The van der Waals surface area contributed by atoms with Crippen LogP contribution in [-0.2, 0) is 13.1 Å². The molecule has 60 heavy (non-hydrogen) atoms. The average molecular weight is 830 g/mol. The molecule has 0 amide bonds. The molecule has 0 unspecified atom stereocenters. The van der Waals surface area contributed by atoms with Gasteiger partial charge in [0.25, 0.3) is 0 Å². The first-order valence-corrected chi connectivity index (χ1v) is 26.3. The van der Waals surface area contributed by atoms with Gasteiger partial charge in [0.2, 0.25) is 0 Å². The molecule has 0 radical (unpaired) electrons. The Kier molecular flexibility index (Phi) is 38.8. The summed E-state index contributed by atoms with van der Waals surface area (Å²) in [7, 11) is 0. The summed E-state index contributed by atoms with van der Waals surface area (Å²) < 4.78 is 4.64. The summed E-state index contributed by atoms with van der Waals surface area (Å²) in [5.41, 5.74) is 0. The van der Waals surface area contributed by atoms with Gasteiger partial charge in [-0.15, -0.1) is 0 Å². The third-order valence-electron chi connectivity index (χ3n) is 12.4. The third kappa shape index (κ3) is 35.2. The maximum absolute atomic E-state index is 4.21. The van der Waals surface area contributed by atoms with Crippen molar-refractivity contribution < 1.29 is 9.13 Å². The first-order chi connectivity index (χ1) is 29.8. The van der Waals surface area contributed by atoms with Crippen molar-refractivity contribution in [1.29, 1.82) is 0 Å². The Morgan fingerprint density at radius 3 is 1.02 bits per heavy atom. The van der Waals surface area contributed by atoms with E-state index in [0.717, 1.165) is 13.1 Å². The van der Waals surface area contributed by atoms with E-state index in [9.17, 15) is 0 Å². The molecule has 0 bridgehead atoms. The lowest BCUT2D eigenvalue weighted by Gasteiger charge is -2.24. The topological polar surface area (TPSA) is 27.1 Å². The van der Waals surface area contributed by atoms with Crippen molar-refractivity contribution in [3.05, 3.63) is 79.7 Å². The van der Waals surface area contributed by atoms with Crippen LogP contribution in [0.5, 0.6) is 0 Å². The molecule has 0 aliphatic carbocycles. The Balaban J connectivity index is 1.65. The highest BCUT2D eigenvalue weighted by Gasteiger charge is 2.10. The van der Waals surface area contributed by atoms with Crippen LogP contribution < -0.4 is 9.13 Å². The summed E-state index contributed by atoms with van der Waals surface area (Å²) in [6.07, 6.45) is 65.9. The lowest BCUT2D eigenvalue weighted by atomic mass is 10.1. The fourth-order valence-electron chi connectivity index (χ4n) is 8.54. The van der Waals surface area contributed by atoms with E-state index in [1.165, 1.54) is 245 Å². The summed E-state index contributed by atoms with van der Waals surface area (Å²) in [5.74, 6) is 0. The molecule has 0 saturated carbocycles. The number of nitrogens with zero attached hydrogens (tertiary/aromatic N) is 5. The molecule has 2 heterocycles. The second-order valence-corrected chi connectivity index (χ2v) is 18.1. The molecule has 5 nitrogen and oxygen atoms in total. The highest BCUT2D eigenvalue weighted by Crippen LogP contribution is 2.13. The van der Waals surface area contributed by atoms with Gasteiger partial charge in [-0.2, -0.15) is 0 Å². The summed E-state index contributed by atoms with van der Waals surface area (Å²) >= 11 is 0. The third-order valence-corrected chi connectivity index (χ3v) is 12.4. The Morgan fingerprint density at radius 2 is 0.633 bits per heavy atom. The zero-order valence-electron chi connectivity index (χ0n) is 40.0. The van der Waals surface area contributed by atoms with E-state index in [1.54, 1.807) is 0 Å². The van der Waals surface area contributed by atoms with E-state index in [0.29, 0.717) is 0 Å². The van der Waals surface area contributed by atoms with Crippen molar-refractivity contribution in [2.24, 2.45) is 0 Å². The highest BCUT2D eigenvalue weighted by atomic mass is 15.1. The molecular weight excluding hydrogens is 731 g/mol. The normalized spacial score (nSPS) is 12.0. The minimum absolute atomic E-state index is 1.08. The van der Waals surface area contributed by atoms with Crippen LogP contribution in [0.25, 0.3) is 0 Å². The average Bonchev–Trinajstić information content (AvgIpc) is 3.27. The van der Waals surface area contributed by atoms with Crippen LogP contribution in [0.2, 0.25) is 0 Å². The standard InChI is InChI=1S/C55H99N5/c1-3-5-7-9-11-13-15-17-19-21-23-25-27-29-31-34-44-58(51-40-50-57-46-36-33-37-47-57)48-38-39-49-59(52-41-53-60-54-42-56-43-55-60)45-35-32-30-28-26-24-22-20-18-16-14-12-10-8-6-4-2/h17-20,33,36-37,42-43,46-47,54-55H,3-16,21-32,34-35,38-41,44-45,48-53H2,1-2H3/q+2/b19-17-,20-18-. The van der Waals surface area contributed by atoms with Crippen LogP contribution in [0.1, 0.15) is 219 Å². The number of hydrogen-bond donors (Lipinski definition) is 0. The van der Waals surface area contributed by atoms with E-state index in [-0.39, 0.29) is 0 Å². The lowest BCUT2D eigenvalue weighted by molar-refractivity contribution is -0.697. The molecular formula is C55H99N5+2. The zero-order valence-corrected chi connectivity index (χ0v) is 40.0. The SMILES string of the molecule is CCCCCCCC/C=C\CCCCCCCCN(CCCCN(CCCCCCCC/C=C\CCCCCCCC)CCC[n+]1ccncc1)CCC[n+]1ccccc1. The predicted octanol–water partition coefficient (Wildman–Crippen LogP) is 14.6. The Labute approximate surface area is 373 Å². The Morgan fingerprint density at radius 1 is 0.333 bits per heavy atom. The number of aryl methyl sites for hydroxylation is 2. The summed E-state index contributed by atoms with van der Waals surface area (Å²) in [4.78, 5) is 9.80. The van der Waals surface area contributed by atoms with Gasteiger partial charge in [0.05, 0.1) is 12.4 Å². The van der Waals surface area contributed by atoms with Crippen molar-refractivity contribution in [3.8, 4) is 0 Å². The quantitative estimate of drug-likeness (QED) is 0.0378. The van der Waals surface area contributed by atoms with Crippen molar-refractivity contribution in [3.63, 3.8) is 0 Å². The van der Waals surface area contributed by atoms with E-state index in [4.69, 9.17) is 0 Å². The number of hydrogen-bond acceptors (Lipinski definition) is 3. The van der Waals surface area contributed by atoms with Gasteiger partial charge in [0, 0.05) is 38.1 Å². The van der Waals surface area contributed by atoms with Crippen LogP contribution >= 0.6 is 0 Å². The summed E-state index contributed by atoms with van der Waals surface area (Å²) in [6, 6.07) is 6.43. The molecule has 0 aliphatic heterocycles. The monoisotopic (exact) mass is 830 g/mol. The summed E-state index contributed by atoms with van der Waals surface area (Å²) in [5, 5.41) is 0. The maximum atomic E-state index is 4.21. The Hall–Kier alpha value is -2.37. The van der Waals surface area contributed by atoms with E-state index in [1.807, 2.05) is 12.4 Å². The van der Waals surface area contributed by atoms with Gasteiger partial charge in [-0.05, 0) is 103 Å². The van der Waals surface area contributed by atoms with Crippen molar-refractivity contribution >= 4 is 0 Å². The second kappa shape index (κ2) is 43.3. The fourth-order valence-corrected chi connectivity index (χ4v) is 8.54. The van der Waals surface area contributed by atoms with E-state index in [2.05, 4.69) is 105 Å². The van der Waals surface area contributed by atoms with Gasteiger partial charge >= 0.3 is 0 Å². The lowest BCUT2D eigenvalue weighted by Crippen LogP contribution is -2.36. The molecule has 342 valence electrons. The number of unbranched alkanes of at least 4 members (excludes halogenated alkanes) is 25. The molecule has 5 heteroatoms. The van der Waals surface area contributed by atoms with Crippen molar-refractivity contribution in [1.82, 2.24) is 14.8 Å². The van der Waals surface area contributed by atoms with Crippen LogP contribution in [0.3, 0.4) is 0 Å². The van der Waals surface area contributed by atoms with Gasteiger partial charge in [-0.25, -0.2) is 9.13 Å². The molecule has 0 saturated heterocycles. The molecule has 2 aromatic rings. The first kappa shape index (κ1) is 53.8. The highest BCUT2D eigenvalue weighted by molar-refractivity contribution is 4.84. The van der Waals surface area contributed by atoms with Crippen LogP contribution in [0, 0.1) is 0 Å². The van der Waals surface area contributed by atoms with Gasteiger partial charge in [-0.1, -0.05) is 160 Å². The molecule has 0 atom stereocenters. The van der Waals surface area contributed by atoms with Gasteiger partial charge in [0.15, 0.2) is 24.8 Å². The number of pyridine rings is 1. The number of allylic oxidation sites excluding steroid dienone is 4. The van der Waals surface area contributed by atoms with E-state index < -0.39 is 0 Å².